The number of allylic oxidation sites excluding steroid dienone is 2. The molecular formula is C29H22Cl6N2O5. The summed E-state index contributed by atoms with van der Waals surface area (Å²) in [7, 11) is 0. The van der Waals surface area contributed by atoms with Crippen LogP contribution in [0.2, 0.25) is 0 Å². The Morgan fingerprint density at radius 3 is 1.93 bits per heavy atom. The second-order valence-electron chi connectivity index (χ2n) is 11.2. The van der Waals surface area contributed by atoms with E-state index in [1.807, 2.05) is 32.0 Å². The molecule has 1 saturated carbocycles. The maximum absolute atomic E-state index is 13.7. The van der Waals surface area contributed by atoms with Gasteiger partial charge in [-0.2, -0.15) is 0 Å². The van der Waals surface area contributed by atoms with Crippen LogP contribution in [0.4, 0.5) is 11.4 Å². The normalized spacial score (nSPS) is 31.5. The van der Waals surface area contributed by atoms with Gasteiger partial charge in [0, 0.05) is 18.7 Å². The van der Waals surface area contributed by atoms with Crippen LogP contribution >= 0.6 is 69.6 Å². The monoisotopic (exact) mass is 688 g/mol. The number of benzene rings is 2. The van der Waals surface area contributed by atoms with Crippen molar-refractivity contribution < 1.29 is 23.9 Å². The first-order valence-corrected chi connectivity index (χ1v) is 15.2. The Morgan fingerprint density at radius 2 is 1.38 bits per heavy atom. The fraction of sp³-hybridized carbons (Fsp3) is 0.379. The number of halogens is 6. The number of fused-ring (bicyclic) bond motifs is 5. The Balaban J connectivity index is 1.21. The number of imide groups is 1. The lowest BCUT2D eigenvalue weighted by molar-refractivity contribution is -0.139. The molecular weight excluding hydrogens is 669 g/mol. The zero-order valence-electron chi connectivity index (χ0n) is 22.3. The number of aryl methyl sites for hydroxylation is 3. The first-order chi connectivity index (χ1) is 19.6. The van der Waals surface area contributed by atoms with Crippen molar-refractivity contribution in [3.8, 4) is 5.75 Å². The molecule has 2 bridgehead atoms. The second kappa shape index (κ2) is 9.75. The number of amides is 3. The SMILES string of the molecule is Cc1ccc(N2C[C@H](C(=O)Oc3ccc(N4C(=O)[C@@H]5[C@H](C4=O)[C@@]4(Cl)C(Cl)=C(Cl)[C@@]5(Cl)C4(Cl)Cl)c(C)c3)CC2=O)c(C)c1. The lowest BCUT2D eigenvalue weighted by Gasteiger charge is -2.34. The van der Waals surface area contributed by atoms with E-state index >= 15 is 0 Å². The molecule has 0 spiro atoms. The highest BCUT2D eigenvalue weighted by molar-refractivity contribution is 6.67. The van der Waals surface area contributed by atoms with Crippen molar-refractivity contribution in [3.05, 3.63) is 63.2 Å². The molecule has 13 heteroatoms. The number of nitrogens with zero attached hydrogens (tertiary/aromatic N) is 2. The van der Waals surface area contributed by atoms with E-state index in [4.69, 9.17) is 74.3 Å². The van der Waals surface area contributed by atoms with E-state index in [0.29, 0.717) is 5.56 Å². The van der Waals surface area contributed by atoms with Crippen molar-refractivity contribution in [1.29, 1.82) is 0 Å². The number of alkyl halides is 4. The van der Waals surface area contributed by atoms with E-state index in [2.05, 4.69) is 0 Å². The van der Waals surface area contributed by atoms with Gasteiger partial charge in [0.05, 0.1) is 33.5 Å². The quantitative estimate of drug-likeness (QED) is 0.158. The topological polar surface area (TPSA) is 84.0 Å². The molecule has 3 amide bonds. The molecule has 5 atom stereocenters. The number of anilines is 2. The minimum Gasteiger partial charge on any atom is -0.426 e. The molecule has 0 unspecified atom stereocenters. The first kappa shape index (κ1) is 30.0. The first-order valence-electron chi connectivity index (χ1n) is 13.0. The van der Waals surface area contributed by atoms with Crippen LogP contribution in [0.15, 0.2) is 46.5 Å². The van der Waals surface area contributed by atoms with Crippen molar-refractivity contribution >= 4 is 105 Å². The van der Waals surface area contributed by atoms with E-state index in [0.717, 1.165) is 21.7 Å². The summed E-state index contributed by atoms with van der Waals surface area (Å²) in [6, 6.07) is 10.2. The number of hydrogen-bond acceptors (Lipinski definition) is 5. The number of carbonyl (C=O) groups excluding carboxylic acids is 4. The van der Waals surface area contributed by atoms with Crippen molar-refractivity contribution in [2.24, 2.45) is 17.8 Å². The standard InChI is InChI=1S/C29H22Cl6N2O5/c1-12-4-6-17(13(2)8-12)36-11-15(10-19(36)38)26(41)42-16-5-7-18(14(3)9-16)37-24(39)20-21(25(37)40)28(33)23(31)22(30)27(20,32)29(28,34)35/h4-9,15,20-21H,10-11H2,1-3H3/t15-,20-,21+,27-,28-/m1/s1. The van der Waals surface area contributed by atoms with Gasteiger partial charge in [-0.05, 0) is 56.2 Å². The lowest BCUT2D eigenvalue weighted by Crippen LogP contribution is -2.50. The summed E-state index contributed by atoms with van der Waals surface area (Å²) in [6.07, 6.45) is 0.0188. The fourth-order valence-electron chi connectivity index (χ4n) is 6.58. The van der Waals surface area contributed by atoms with Crippen LogP contribution in [0.5, 0.6) is 5.75 Å². The molecule has 0 radical (unpaired) electrons. The summed E-state index contributed by atoms with van der Waals surface area (Å²) in [5, 5.41) is -0.342. The highest BCUT2D eigenvalue weighted by Crippen LogP contribution is 2.77. The average Bonchev–Trinajstić information content (AvgIpc) is 3.50. The molecule has 2 aromatic carbocycles. The number of carbonyl (C=O) groups is 4. The van der Waals surface area contributed by atoms with Gasteiger partial charge >= 0.3 is 5.97 Å². The molecule has 0 N–H and O–H groups in total. The number of ether oxygens (including phenoxy) is 1. The van der Waals surface area contributed by atoms with Gasteiger partial charge in [-0.15, -0.1) is 23.2 Å². The maximum Gasteiger partial charge on any atom is 0.316 e. The summed E-state index contributed by atoms with van der Waals surface area (Å²) in [5.41, 5.74) is 3.46. The molecule has 2 aromatic rings. The Labute approximate surface area is 271 Å². The minimum atomic E-state index is -2.02. The molecule has 2 aliphatic heterocycles. The Morgan fingerprint density at radius 1 is 0.833 bits per heavy atom. The lowest BCUT2D eigenvalue weighted by atomic mass is 9.84. The summed E-state index contributed by atoms with van der Waals surface area (Å²) in [6.45, 7) is 5.73. The Hall–Kier alpha value is -2.00. The number of esters is 1. The van der Waals surface area contributed by atoms with Gasteiger partial charge in [0.25, 0.3) is 0 Å². The second-order valence-corrected chi connectivity index (χ2v) is 14.4. The fourth-order valence-corrected chi connectivity index (χ4v) is 9.51. The highest BCUT2D eigenvalue weighted by Gasteiger charge is 2.87. The van der Waals surface area contributed by atoms with E-state index in [-0.39, 0.29) is 40.4 Å². The van der Waals surface area contributed by atoms with Crippen molar-refractivity contribution in [3.63, 3.8) is 0 Å². The van der Waals surface area contributed by atoms with Crippen LogP contribution in [0.1, 0.15) is 23.1 Å². The van der Waals surface area contributed by atoms with Crippen LogP contribution < -0.4 is 14.5 Å². The number of rotatable bonds is 4. The van der Waals surface area contributed by atoms with Gasteiger partial charge < -0.3 is 9.64 Å². The largest absolute Gasteiger partial charge is 0.426 e. The van der Waals surface area contributed by atoms with Gasteiger partial charge in [0.2, 0.25) is 17.7 Å². The third-order valence-corrected chi connectivity index (χ3v) is 12.9. The molecule has 42 heavy (non-hydrogen) atoms. The van der Waals surface area contributed by atoms with Crippen LogP contribution in [-0.4, -0.2) is 44.3 Å². The zero-order chi connectivity index (χ0) is 30.7. The molecule has 220 valence electrons. The van der Waals surface area contributed by atoms with Crippen molar-refractivity contribution in [2.45, 2.75) is 41.3 Å². The summed E-state index contributed by atoms with van der Waals surface area (Å²) >= 11 is 39.4. The van der Waals surface area contributed by atoms with Crippen LogP contribution in [0.3, 0.4) is 0 Å². The third-order valence-electron chi connectivity index (χ3n) is 8.64. The van der Waals surface area contributed by atoms with Crippen LogP contribution in [0.25, 0.3) is 0 Å². The number of hydrogen-bond donors (Lipinski definition) is 0. The van der Waals surface area contributed by atoms with Gasteiger partial charge in [0.1, 0.15) is 15.5 Å². The molecule has 6 rings (SSSR count). The smallest absolute Gasteiger partial charge is 0.316 e. The average molecular weight is 691 g/mol. The van der Waals surface area contributed by atoms with E-state index in [9.17, 15) is 19.2 Å². The van der Waals surface area contributed by atoms with Gasteiger partial charge in [-0.1, -0.05) is 64.1 Å². The molecule has 2 aliphatic carbocycles. The predicted octanol–water partition coefficient (Wildman–Crippen LogP) is 6.52. The van der Waals surface area contributed by atoms with Crippen molar-refractivity contribution in [2.75, 3.05) is 16.3 Å². The molecule has 2 heterocycles. The molecule has 7 nitrogen and oxygen atoms in total. The third kappa shape index (κ3) is 3.74. The summed E-state index contributed by atoms with van der Waals surface area (Å²) < 4.78 is 3.59. The Bertz CT molecular complexity index is 1610. The Kier molecular flexibility index (Phi) is 6.97. The minimum absolute atomic E-state index is 0.0188. The zero-order valence-corrected chi connectivity index (χ0v) is 26.8. The molecule has 0 aromatic heterocycles. The van der Waals surface area contributed by atoms with Gasteiger partial charge in [-0.25, -0.2) is 4.90 Å². The highest BCUT2D eigenvalue weighted by atomic mass is 35.5. The maximum atomic E-state index is 13.7. The van der Waals surface area contributed by atoms with Crippen LogP contribution in [-0.2, 0) is 19.2 Å². The predicted molar refractivity (Wildman–Crippen MR) is 163 cm³/mol. The van der Waals surface area contributed by atoms with E-state index < -0.39 is 49.6 Å². The van der Waals surface area contributed by atoms with Gasteiger partial charge in [0.15, 0.2) is 4.33 Å². The summed E-state index contributed by atoms with van der Waals surface area (Å²) in [4.78, 5) is 51.9. The van der Waals surface area contributed by atoms with Gasteiger partial charge in [-0.3, -0.25) is 19.2 Å². The van der Waals surface area contributed by atoms with Crippen LogP contribution in [0, 0.1) is 38.5 Å². The molecule has 3 fully saturated rings. The molecule has 4 aliphatic rings. The molecule has 2 saturated heterocycles. The van der Waals surface area contributed by atoms with Crippen molar-refractivity contribution in [1.82, 2.24) is 0 Å². The summed E-state index contributed by atoms with van der Waals surface area (Å²) in [5.74, 6) is -5.08. The van der Waals surface area contributed by atoms with E-state index in [1.165, 1.54) is 18.2 Å². The van der Waals surface area contributed by atoms with E-state index in [1.54, 1.807) is 11.8 Å².